The summed E-state index contributed by atoms with van der Waals surface area (Å²) in [5.74, 6) is -1.27. The van der Waals surface area contributed by atoms with Gasteiger partial charge < -0.3 is 9.73 Å². The quantitative estimate of drug-likeness (QED) is 0.663. The second kappa shape index (κ2) is 7.62. The summed E-state index contributed by atoms with van der Waals surface area (Å²) in [5, 5.41) is 10.5. The van der Waals surface area contributed by atoms with E-state index in [-0.39, 0.29) is 33.4 Å². The molecule has 25 heavy (non-hydrogen) atoms. The third-order valence-electron chi connectivity index (χ3n) is 3.03. The Morgan fingerprint density at radius 1 is 1.16 bits per heavy atom. The number of benzene rings is 2. The number of halogens is 3. The molecule has 0 bridgehead atoms. The molecule has 0 fully saturated rings. The summed E-state index contributed by atoms with van der Waals surface area (Å²) < 4.78 is 31.9. The van der Waals surface area contributed by atoms with Gasteiger partial charge in [0, 0.05) is 10.6 Å². The van der Waals surface area contributed by atoms with Crippen molar-refractivity contribution in [3.63, 3.8) is 0 Å². The number of hydrogen-bond acceptors (Lipinski definition) is 5. The van der Waals surface area contributed by atoms with Gasteiger partial charge in [0.15, 0.2) is 0 Å². The van der Waals surface area contributed by atoms with Gasteiger partial charge in [-0.1, -0.05) is 23.4 Å². The van der Waals surface area contributed by atoms with Gasteiger partial charge in [0.05, 0.1) is 11.4 Å². The number of thioether (sulfide) groups is 1. The summed E-state index contributed by atoms with van der Waals surface area (Å²) in [6.45, 7) is 0. The van der Waals surface area contributed by atoms with E-state index >= 15 is 0 Å². The molecule has 0 unspecified atom stereocenters. The van der Waals surface area contributed by atoms with Crippen LogP contribution in [0.2, 0.25) is 5.02 Å². The SMILES string of the molecule is O=C(CSc1nnc(-c2ccc(F)cc2)o1)Nc1ccc(Cl)cc1F. The molecule has 0 saturated heterocycles. The lowest BCUT2D eigenvalue weighted by atomic mass is 10.2. The second-order valence-electron chi connectivity index (χ2n) is 4.84. The first-order valence-electron chi connectivity index (χ1n) is 6.98. The minimum Gasteiger partial charge on any atom is -0.411 e. The highest BCUT2D eigenvalue weighted by molar-refractivity contribution is 7.99. The summed E-state index contributed by atoms with van der Waals surface area (Å²) in [6.07, 6.45) is 0. The third kappa shape index (κ3) is 4.55. The normalized spacial score (nSPS) is 10.7. The monoisotopic (exact) mass is 381 g/mol. The lowest BCUT2D eigenvalue weighted by Gasteiger charge is -2.05. The molecule has 128 valence electrons. The molecule has 0 radical (unpaired) electrons. The van der Waals surface area contributed by atoms with Crippen LogP contribution in [0.25, 0.3) is 11.5 Å². The molecule has 1 amide bonds. The molecule has 0 aliphatic carbocycles. The van der Waals surface area contributed by atoms with Gasteiger partial charge in [-0.05, 0) is 42.5 Å². The first-order chi connectivity index (χ1) is 12.0. The van der Waals surface area contributed by atoms with Gasteiger partial charge in [0.2, 0.25) is 11.8 Å². The number of carbonyl (C=O) groups excluding carboxylic acids is 1. The number of aromatic nitrogens is 2. The highest BCUT2D eigenvalue weighted by Gasteiger charge is 2.13. The number of carbonyl (C=O) groups is 1. The molecular formula is C16H10ClF2N3O2S. The Morgan fingerprint density at radius 3 is 2.64 bits per heavy atom. The van der Waals surface area contributed by atoms with E-state index in [1.54, 1.807) is 0 Å². The molecule has 1 heterocycles. The van der Waals surface area contributed by atoms with Crippen molar-refractivity contribution in [2.24, 2.45) is 0 Å². The molecule has 1 N–H and O–H groups in total. The van der Waals surface area contributed by atoms with Crippen molar-refractivity contribution >= 4 is 35.0 Å². The Hall–Kier alpha value is -2.45. The molecule has 1 aromatic heterocycles. The van der Waals surface area contributed by atoms with Crippen molar-refractivity contribution in [2.45, 2.75) is 5.22 Å². The van der Waals surface area contributed by atoms with E-state index < -0.39 is 11.7 Å². The Bertz CT molecular complexity index is 903. The summed E-state index contributed by atoms with van der Waals surface area (Å²) in [7, 11) is 0. The fourth-order valence-corrected chi connectivity index (χ4v) is 2.60. The zero-order valence-corrected chi connectivity index (χ0v) is 14.1. The van der Waals surface area contributed by atoms with Crippen molar-refractivity contribution in [3.05, 3.63) is 59.1 Å². The van der Waals surface area contributed by atoms with Crippen molar-refractivity contribution in [3.8, 4) is 11.5 Å². The molecule has 3 rings (SSSR count). The van der Waals surface area contributed by atoms with E-state index in [1.807, 2.05) is 0 Å². The maximum atomic E-state index is 13.6. The molecule has 9 heteroatoms. The van der Waals surface area contributed by atoms with Gasteiger partial charge in [-0.2, -0.15) is 0 Å². The molecule has 0 saturated carbocycles. The Morgan fingerprint density at radius 2 is 1.92 bits per heavy atom. The maximum absolute atomic E-state index is 13.6. The van der Waals surface area contributed by atoms with Gasteiger partial charge in [-0.25, -0.2) is 8.78 Å². The Balaban J connectivity index is 1.58. The van der Waals surface area contributed by atoms with E-state index in [9.17, 15) is 13.6 Å². The highest BCUT2D eigenvalue weighted by Crippen LogP contribution is 2.24. The van der Waals surface area contributed by atoms with E-state index in [0.717, 1.165) is 17.8 Å². The molecule has 5 nitrogen and oxygen atoms in total. The fraction of sp³-hybridized carbons (Fsp3) is 0.0625. The number of hydrogen-bond donors (Lipinski definition) is 1. The van der Waals surface area contributed by atoms with Gasteiger partial charge in [0.1, 0.15) is 11.6 Å². The van der Waals surface area contributed by atoms with Gasteiger partial charge in [-0.15, -0.1) is 10.2 Å². The van der Waals surface area contributed by atoms with Crippen LogP contribution in [0.1, 0.15) is 0 Å². The Labute approximate surface area is 150 Å². The lowest BCUT2D eigenvalue weighted by molar-refractivity contribution is -0.113. The number of nitrogens with zero attached hydrogens (tertiary/aromatic N) is 2. The van der Waals surface area contributed by atoms with Crippen LogP contribution in [0.3, 0.4) is 0 Å². The highest BCUT2D eigenvalue weighted by atomic mass is 35.5. The van der Waals surface area contributed by atoms with Crippen molar-refractivity contribution < 1.29 is 18.0 Å². The van der Waals surface area contributed by atoms with Crippen molar-refractivity contribution in [1.29, 1.82) is 0 Å². The number of anilines is 1. The van der Waals surface area contributed by atoms with E-state index in [4.69, 9.17) is 16.0 Å². The van der Waals surface area contributed by atoms with Crippen LogP contribution in [-0.4, -0.2) is 21.9 Å². The van der Waals surface area contributed by atoms with Crippen LogP contribution in [-0.2, 0) is 4.79 Å². The van der Waals surface area contributed by atoms with E-state index in [0.29, 0.717) is 5.56 Å². The number of rotatable bonds is 5. The molecule has 0 atom stereocenters. The number of amides is 1. The lowest BCUT2D eigenvalue weighted by Crippen LogP contribution is -2.15. The van der Waals surface area contributed by atoms with Crippen LogP contribution < -0.4 is 5.32 Å². The molecule has 0 spiro atoms. The zero-order valence-electron chi connectivity index (χ0n) is 12.5. The second-order valence-corrected chi connectivity index (χ2v) is 6.20. The van der Waals surface area contributed by atoms with Crippen LogP contribution >= 0.6 is 23.4 Å². The molecule has 0 aliphatic rings. The average Bonchev–Trinajstić information content (AvgIpc) is 3.05. The Kier molecular flexibility index (Phi) is 5.30. The molecule has 3 aromatic rings. The van der Waals surface area contributed by atoms with E-state index in [2.05, 4.69) is 15.5 Å². The first-order valence-corrected chi connectivity index (χ1v) is 8.35. The average molecular weight is 382 g/mol. The standard InChI is InChI=1S/C16H10ClF2N3O2S/c17-10-3-6-13(12(19)7-10)20-14(23)8-25-16-22-21-15(24-16)9-1-4-11(18)5-2-9/h1-7H,8H2,(H,20,23). The van der Waals surface area contributed by atoms with Gasteiger partial charge >= 0.3 is 0 Å². The van der Waals surface area contributed by atoms with Crippen LogP contribution in [0, 0.1) is 11.6 Å². The smallest absolute Gasteiger partial charge is 0.277 e. The summed E-state index contributed by atoms with van der Waals surface area (Å²) in [4.78, 5) is 11.9. The molecular weight excluding hydrogens is 372 g/mol. The first kappa shape index (κ1) is 17.4. The summed E-state index contributed by atoms with van der Waals surface area (Å²) >= 11 is 6.65. The number of nitrogens with one attached hydrogen (secondary N) is 1. The van der Waals surface area contributed by atoms with Crippen LogP contribution in [0.15, 0.2) is 52.1 Å². The minimum absolute atomic E-state index is 0.0348. The zero-order chi connectivity index (χ0) is 17.8. The van der Waals surface area contributed by atoms with Crippen LogP contribution in [0.5, 0.6) is 0 Å². The predicted molar refractivity (Wildman–Crippen MR) is 90.5 cm³/mol. The predicted octanol–water partition coefficient (Wildman–Crippen LogP) is 4.40. The molecule has 0 aliphatic heterocycles. The fourth-order valence-electron chi connectivity index (χ4n) is 1.88. The van der Waals surface area contributed by atoms with Gasteiger partial charge in [0.25, 0.3) is 5.22 Å². The maximum Gasteiger partial charge on any atom is 0.277 e. The largest absolute Gasteiger partial charge is 0.411 e. The van der Waals surface area contributed by atoms with Gasteiger partial charge in [-0.3, -0.25) is 4.79 Å². The van der Waals surface area contributed by atoms with Crippen LogP contribution in [0.4, 0.5) is 14.5 Å². The summed E-state index contributed by atoms with van der Waals surface area (Å²) in [6, 6.07) is 9.53. The minimum atomic E-state index is -0.623. The third-order valence-corrected chi connectivity index (χ3v) is 4.08. The summed E-state index contributed by atoms with van der Waals surface area (Å²) in [5.41, 5.74) is 0.598. The topological polar surface area (TPSA) is 68.0 Å². The van der Waals surface area contributed by atoms with Crippen molar-refractivity contribution in [1.82, 2.24) is 10.2 Å². The van der Waals surface area contributed by atoms with E-state index in [1.165, 1.54) is 36.4 Å². The molecule has 2 aromatic carbocycles. The van der Waals surface area contributed by atoms with Crippen molar-refractivity contribution in [2.75, 3.05) is 11.1 Å².